The minimum Gasteiger partial charge on any atom is -0.325 e. The zero-order valence-electron chi connectivity index (χ0n) is 19.9. The number of para-hydroxylation sites is 1. The van der Waals surface area contributed by atoms with Gasteiger partial charge in [0.2, 0.25) is 5.91 Å². The molecule has 0 radical (unpaired) electrons. The molecule has 2 aromatic rings. The standard InChI is InChI=1S/C26H24F3N3O3S2/c1-2-3-4-7-13-31-24(35)22(37-25(31)36)21-18-11-5-6-12-19(18)32(23(21)34)15-20(33)30-17-10-8-9-16(14-17)26(27,28)29/h5-6,8-12,14H,2-4,7,13,15H2,1H3,(H,30,33)/b22-21-. The van der Waals surface area contributed by atoms with Gasteiger partial charge in [-0.15, -0.1) is 0 Å². The van der Waals surface area contributed by atoms with E-state index in [2.05, 4.69) is 12.2 Å². The number of thioether (sulfide) groups is 1. The predicted octanol–water partition coefficient (Wildman–Crippen LogP) is 5.84. The van der Waals surface area contributed by atoms with Gasteiger partial charge in [0, 0.05) is 17.8 Å². The highest BCUT2D eigenvalue weighted by Crippen LogP contribution is 2.44. The molecule has 0 saturated carbocycles. The summed E-state index contributed by atoms with van der Waals surface area (Å²) in [6, 6.07) is 11.0. The van der Waals surface area contributed by atoms with Crippen LogP contribution in [0.2, 0.25) is 0 Å². The lowest BCUT2D eigenvalue weighted by molar-refractivity contribution is -0.137. The number of anilines is 2. The van der Waals surface area contributed by atoms with E-state index in [1.807, 2.05) is 0 Å². The molecule has 0 atom stereocenters. The summed E-state index contributed by atoms with van der Waals surface area (Å²) in [4.78, 5) is 42.4. The molecule has 1 fully saturated rings. The highest BCUT2D eigenvalue weighted by Gasteiger charge is 2.42. The number of hydrogen-bond acceptors (Lipinski definition) is 5. The van der Waals surface area contributed by atoms with Crippen LogP contribution >= 0.6 is 24.0 Å². The van der Waals surface area contributed by atoms with Crippen LogP contribution in [-0.4, -0.2) is 40.0 Å². The van der Waals surface area contributed by atoms with Crippen LogP contribution in [0, 0.1) is 0 Å². The molecule has 0 aliphatic carbocycles. The Balaban J connectivity index is 1.56. The summed E-state index contributed by atoms with van der Waals surface area (Å²) in [5.74, 6) is -1.54. The topological polar surface area (TPSA) is 69.7 Å². The fourth-order valence-corrected chi connectivity index (χ4v) is 5.59. The maximum Gasteiger partial charge on any atom is 0.416 e. The lowest BCUT2D eigenvalue weighted by Crippen LogP contribution is -2.35. The Kier molecular flexibility index (Phi) is 8.03. The smallest absolute Gasteiger partial charge is 0.325 e. The third-order valence-electron chi connectivity index (χ3n) is 6.01. The van der Waals surface area contributed by atoms with Gasteiger partial charge in [0.05, 0.1) is 21.7 Å². The number of alkyl halides is 3. The summed E-state index contributed by atoms with van der Waals surface area (Å²) < 4.78 is 39.4. The van der Waals surface area contributed by atoms with E-state index in [1.165, 1.54) is 21.9 Å². The van der Waals surface area contributed by atoms with E-state index < -0.39 is 30.1 Å². The molecule has 2 aliphatic rings. The van der Waals surface area contributed by atoms with Gasteiger partial charge in [-0.2, -0.15) is 13.2 Å². The summed E-state index contributed by atoms with van der Waals surface area (Å²) in [7, 11) is 0. The van der Waals surface area contributed by atoms with Crippen LogP contribution in [0.4, 0.5) is 24.5 Å². The molecule has 3 amide bonds. The number of hydrogen-bond donors (Lipinski definition) is 1. The Morgan fingerprint density at radius 1 is 1.00 bits per heavy atom. The van der Waals surface area contributed by atoms with Gasteiger partial charge < -0.3 is 5.32 Å². The van der Waals surface area contributed by atoms with E-state index in [0.29, 0.717) is 22.1 Å². The quantitative estimate of drug-likeness (QED) is 0.255. The predicted molar refractivity (Wildman–Crippen MR) is 142 cm³/mol. The van der Waals surface area contributed by atoms with Crippen LogP contribution in [0.15, 0.2) is 53.4 Å². The van der Waals surface area contributed by atoms with Crippen molar-refractivity contribution < 1.29 is 27.6 Å². The molecule has 2 aliphatic heterocycles. The van der Waals surface area contributed by atoms with E-state index in [-0.39, 0.29) is 22.1 Å². The van der Waals surface area contributed by atoms with E-state index in [9.17, 15) is 27.6 Å². The Morgan fingerprint density at radius 2 is 1.76 bits per heavy atom. The Labute approximate surface area is 221 Å². The number of rotatable bonds is 8. The second-order valence-corrected chi connectivity index (χ2v) is 10.3. The van der Waals surface area contributed by atoms with Crippen LogP contribution in [0.3, 0.4) is 0 Å². The lowest BCUT2D eigenvalue weighted by atomic mass is 10.1. The van der Waals surface area contributed by atoms with Gasteiger partial charge in [-0.05, 0) is 30.7 Å². The molecule has 0 spiro atoms. The molecule has 0 bridgehead atoms. The SMILES string of the molecule is CCCCCCN1C(=O)/C(=C2/C(=O)N(CC(=O)Nc3cccc(C(F)(F)F)c3)c3ccccc32)SC1=S. The van der Waals surface area contributed by atoms with Crippen molar-refractivity contribution in [2.24, 2.45) is 0 Å². The van der Waals surface area contributed by atoms with Crippen LogP contribution < -0.4 is 10.2 Å². The summed E-state index contributed by atoms with van der Waals surface area (Å²) in [6.07, 6.45) is -0.670. The summed E-state index contributed by atoms with van der Waals surface area (Å²) in [5.41, 5.74) is 0.187. The molecule has 37 heavy (non-hydrogen) atoms. The molecule has 0 aromatic heterocycles. The normalized spacial score (nSPS) is 17.6. The van der Waals surface area contributed by atoms with Gasteiger partial charge in [-0.1, -0.05) is 74.4 Å². The van der Waals surface area contributed by atoms with Gasteiger partial charge >= 0.3 is 6.18 Å². The monoisotopic (exact) mass is 547 g/mol. The highest BCUT2D eigenvalue weighted by atomic mass is 32.2. The Morgan fingerprint density at radius 3 is 2.49 bits per heavy atom. The van der Waals surface area contributed by atoms with Gasteiger partial charge in [0.15, 0.2) is 0 Å². The number of halogens is 3. The largest absolute Gasteiger partial charge is 0.416 e. The van der Waals surface area contributed by atoms with Crippen LogP contribution in [-0.2, 0) is 20.6 Å². The lowest BCUT2D eigenvalue weighted by Gasteiger charge is -2.17. The molecular formula is C26H24F3N3O3S2. The Bertz CT molecular complexity index is 1290. The van der Waals surface area contributed by atoms with Crippen LogP contribution in [0.25, 0.3) is 5.57 Å². The molecule has 1 saturated heterocycles. The van der Waals surface area contributed by atoms with Gasteiger partial charge in [0.1, 0.15) is 10.9 Å². The molecule has 1 N–H and O–H groups in total. The number of benzene rings is 2. The van der Waals surface area contributed by atoms with Crippen molar-refractivity contribution in [2.45, 2.75) is 38.8 Å². The van der Waals surface area contributed by atoms with E-state index in [0.717, 1.165) is 49.6 Å². The van der Waals surface area contributed by atoms with E-state index >= 15 is 0 Å². The van der Waals surface area contributed by atoms with Crippen LogP contribution in [0.5, 0.6) is 0 Å². The van der Waals surface area contributed by atoms with Gasteiger partial charge in [-0.25, -0.2) is 0 Å². The maximum absolute atomic E-state index is 13.5. The number of fused-ring (bicyclic) bond motifs is 1. The number of carbonyl (C=O) groups is 3. The third kappa shape index (κ3) is 5.72. The molecule has 11 heteroatoms. The minimum absolute atomic E-state index is 0.0380. The Hall–Kier alpha value is -3.18. The zero-order chi connectivity index (χ0) is 26.7. The number of thiocarbonyl (C=S) groups is 1. The zero-order valence-corrected chi connectivity index (χ0v) is 21.6. The van der Waals surface area contributed by atoms with Crippen molar-refractivity contribution in [2.75, 3.05) is 23.3 Å². The fourth-order valence-electron chi connectivity index (χ4n) is 4.21. The third-order valence-corrected chi connectivity index (χ3v) is 7.46. The number of nitrogens with one attached hydrogen (secondary N) is 1. The number of carbonyl (C=O) groups excluding carboxylic acids is 3. The van der Waals surface area contributed by atoms with Crippen molar-refractivity contribution in [1.82, 2.24) is 4.90 Å². The molecule has 2 heterocycles. The molecule has 194 valence electrons. The summed E-state index contributed by atoms with van der Waals surface area (Å²) in [6.45, 7) is 2.13. The molecule has 0 unspecified atom stereocenters. The first-order valence-corrected chi connectivity index (χ1v) is 13.0. The van der Waals surface area contributed by atoms with E-state index in [4.69, 9.17) is 12.2 Å². The van der Waals surface area contributed by atoms with Crippen molar-refractivity contribution in [3.05, 3.63) is 64.6 Å². The van der Waals surface area contributed by atoms with Crippen molar-refractivity contribution in [3.63, 3.8) is 0 Å². The second-order valence-electron chi connectivity index (χ2n) is 8.62. The average Bonchev–Trinajstić information content (AvgIpc) is 3.28. The highest BCUT2D eigenvalue weighted by molar-refractivity contribution is 8.26. The van der Waals surface area contributed by atoms with Crippen molar-refractivity contribution >= 4 is 63.0 Å². The molecule has 4 rings (SSSR count). The number of amides is 3. The fraction of sp³-hybridized carbons (Fsp3) is 0.308. The first-order chi connectivity index (χ1) is 17.6. The van der Waals surface area contributed by atoms with Gasteiger partial charge in [-0.3, -0.25) is 24.2 Å². The van der Waals surface area contributed by atoms with Gasteiger partial charge in [0.25, 0.3) is 11.8 Å². The van der Waals surface area contributed by atoms with Crippen molar-refractivity contribution in [3.8, 4) is 0 Å². The van der Waals surface area contributed by atoms with E-state index in [1.54, 1.807) is 24.3 Å². The maximum atomic E-state index is 13.5. The summed E-state index contributed by atoms with van der Waals surface area (Å²) >= 11 is 6.49. The number of nitrogens with zero attached hydrogens (tertiary/aromatic N) is 2. The average molecular weight is 548 g/mol. The van der Waals surface area contributed by atoms with Crippen molar-refractivity contribution in [1.29, 1.82) is 0 Å². The molecule has 2 aromatic carbocycles. The minimum atomic E-state index is -4.55. The molecular weight excluding hydrogens is 523 g/mol. The van der Waals surface area contributed by atoms with Crippen LogP contribution in [0.1, 0.15) is 43.7 Å². The second kappa shape index (κ2) is 11.1. The first-order valence-electron chi connectivity index (χ1n) is 11.8. The molecule has 6 nitrogen and oxygen atoms in total. The number of unbranched alkanes of at least 4 members (excludes halogenated alkanes) is 3. The summed E-state index contributed by atoms with van der Waals surface area (Å²) in [5, 5.41) is 2.42. The first kappa shape index (κ1) is 26.9.